The van der Waals surface area contributed by atoms with Crippen LogP contribution in [0.25, 0.3) is 10.8 Å². The van der Waals surface area contributed by atoms with Crippen molar-refractivity contribution in [3.63, 3.8) is 0 Å². The summed E-state index contributed by atoms with van der Waals surface area (Å²) in [6.45, 7) is 15.4. The fraction of sp³-hybridized carbons (Fsp3) is 0.196. The second kappa shape index (κ2) is 15.7. The molecule has 0 saturated carbocycles. The largest absolute Gasteiger partial charge is 0.380 e. The number of fused-ring (bicyclic) bond motifs is 1. The number of nitrogens with one attached hydrogen (secondary N) is 1. The minimum Gasteiger partial charge on any atom is -0.380 e. The highest BCUT2D eigenvalue weighted by molar-refractivity contribution is 5.98. The lowest BCUT2D eigenvalue weighted by atomic mass is 9.82. The third-order valence-corrected chi connectivity index (χ3v) is 9.27. The molecule has 0 heterocycles. The first kappa shape index (κ1) is 33.5. The number of benzene rings is 6. The van der Waals surface area contributed by atoms with E-state index in [-0.39, 0.29) is 0 Å². The monoisotopic (exact) mass is 642 g/mol. The van der Waals surface area contributed by atoms with Crippen molar-refractivity contribution in [2.24, 2.45) is 0 Å². The number of aryl methyl sites for hydroxylation is 2. The molecule has 0 fully saturated rings. The van der Waals surface area contributed by atoms with Crippen molar-refractivity contribution < 1.29 is 0 Å². The SMILES string of the molecule is C=CCNc1ccc([C+](c2ccc(N(CCC)c3ccccc3C)cc2)c2ccc(N(CCC)c3ccccc3C)cc2)c2ccccc12. The van der Waals surface area contributed by atoms with E-state index in [0.717, 1.165) is 31.6 Å². The summed E-state index contributed by atoms with van der Waals surface area (Å²) in [5.41, 5.74) is 12.2. The van der Waals surface area contributed by atoms with Crippen LogP contribution in [0.15, 0.2) is 146 Å². The summed E-state index contributed by atoms with van der Waals surface area (Å²) in [7, 11) is 0. The van der Waals surface area contributed by atoms with E-state index in [1.54, 1.807) is 0 Å². The topological polar surface area (TPSA) is 18.5 Å². The van der Waals surface area contributed by atoms with Gasteiger partial charge in [0.15, 0.2) is 0 Å². The third kappa shape index (κ3) is 7.22. The van der Waals surface area contributed by atoms with Gasteiger partial charge in [-0.25, -0.2) is 0 Å². The number of hydrogen-bond acceptors (Lipinski definition) is 3. The Bertz CT molecular complexity index is 1890. The highest BCUT2D eigenvalue weighted by atomic mass is 15.1. The van der Waals surface area contributed by atoms with E-state index in [1.807, 2.05) is 6.08 Å². The van der Waals surface area contributed by atoms with Crippen molar-refractivity contribution in [1.29, 1.82) is 0 Å². The number of rotatable bonds is 14. The maximum Gasteiger partial charge on any atom is 0.0638 e. The molecule has 3 nitrogen and oxygen atoms in total. The average molecular weight is 643 g/mol. The molecule has 0 radical (unpaired) electrons. The van der Waals surface area contributed by atoms with Gasteiger partial charge in [-0.05, 0) is 123 Å². The molecule has 49 heavy (non-hydrogen) atoms. The van der Waals surface area contributed by atoms with Crippen molar-refractivity contribution >= 4 is 39.2 Å². The molecule has 3 heteroatoms. The van der Waals surface area contributed by atoms with Gasteiger partial charge in [0.1, 0.15) is 0 Å². The number of anilines is 5. The average Bonchev–Trinajstić information content (AvgIpc) is 3.14. The van der Waals surface area contributed by atoms with Crippen molar-refractivity contribution in [3.05, 3.63) is 180 Å². The van der Waals surface area contributed by atoms with Crippen LogP contribution in [0.3, 0.4) is 0 Å². The molecule has 0 amide bonds. The second-order valence-corrected chi connectivity index (χ2v) is 12.7. The normalized spacial score (nSPS) is 10.9. The van der Waals surface area contributed by atoms with Gasteiger partial charge in [0.25, 0.3) is 0 Å². The van der Waals surface area contributed by atoms with E-state index in [1.165, 1.54) is 67.3 Å². The van der Waals surface area contributed by atoms with Crippen LogP contribution in [0.1, 0.15) is 54.5 Å². The molecular formula is C46H48N3+. The Morgan fingerprint density at radius 2 is 1.04 bits per heavy atom. The predicted molar refractivity (Wildman–Crippen MR) is 213 cm³/mol. The molecule has 0 aliphatic heterocycles. The van der Waals surface area contributed by atoms with Gasteiger partial charge in [0.2, 0.25) is 0 Å². The molecule has 0 aromatic heterocycles. The molecule has 0 aliphatic carbocycles. The lowest BCUT2D eigenvalue weighted by Crippen LogP contribution is -2.19. The molecule has 6 rings (SSSR count). The zero-order valence-electron chi connectivity index (χ0n) is 29.4. The van der Waals surface area contributed by atoms with Gasteiger partial charge in [-0.15, -0.1) is 6.58 Å². The van der Waals surface area contributed by atoms with Crippen LogP contribution in [-0.4, -0.2) is 19.6 Å². The molecule has 6 aromatic rings. The summed E-state index contributed by atoms with van der Waals surface area (Å²) in [5.74, 6) is 1.22. The standard InChI is InChI=1S/C46H48N3/c1-6-31-47-43-30-29-42(40-17-11-12-18-41(40)43)46(36-21-25-38(26-22-36)48(32-7-2)44-19-13-9-15-34(44)4)37-23-27-39(28-24-37)49(33-8-3)45-20-14-10-16-35(45)5/h6,9-30,47H,1,7-8,31-33H2,2-5H3/q+1. The van der Waals surface area contributed by atoms with Crippen molar-refractivity contribution in [3.8, 4) is 0 Å². The maximum atomic E-state index is 3.92. The molecule has 0 atom stereocenters. The van der Waals surface area contributed by atoms with E-state index >= 15 is 0 Å². The number of nitrogens with zero attached hydrogens (tertiary/aromatic N) is 2. The summed E-state index contributed by atoms with van der Waals surface area (Å²) < 4.78 is 0. The highest BCUT2D eigenvalue weighted by Gasteiger charge is 2.27. The first-order valence-electron chi connectivity index (χ1n) is 17.6. The van der Waals surface area contributed by atoms with Gasteiger partial charge in [0.05, 0.1) is 39.7 Å². The summed E-state index contributed by atoms with van der Waals surface area (Å²) in [5, 5.41) is 5.97. The summed E-state index contributed by atoms with van der Waals surface area (Å²) >= 11 is 0. The van der Waals surface area contributed by atoms with E-state index in [2.05, 4.69) is 183 Å². The first-order valence-corrected chi connectivity index (χ1v) is 17.6. The van der Waals surface area contributed by atoms with Gasteiger partial charge in [-0.1, -0.05) is 68.5 Å². The number of para-hydroxylation sites is 2. The summed E-state index contributed by atoms with van der Waals surface area (Å²) in [6, 6.07) is 48.9. The van der Waals surface area contributed by atoms with Crippen LogP contribution < -0.4 is 15.1 Å². The van der Waals surface area contributed by atoms with Crippen LogP contribution in [0.5, 0.6) is 0 Å². The summed E-state index contributed by atoms with van der Waals surface area (Å²) in [4.78, 5) is 4.88. The van der Waals surface area contributed by atoms with Crippen molar-refractivity contribution in [2.75, 3.05) is 34.8 Å². The van der Waals surface area contributed by atoms with Gasteiger partial charge < -0.3 is 15.1 Å². The molecule has 0 saturated heterocycles. The Labute approximate surface area is 293 Å². The maximum absolute atomic E-state index is 3.92. The van der Waals surface area contributed by atoms with E-state index < -0.39 is 0 Å². The number of hydrogen-bond donors (Lipinski definition) is 1. The van der Waals surface area contributed by atoms with Crippen molar-refractivity contribution in [1.82, 2.24) is 0 Å². The van der Waals surface area contributed by atoms with Crippen LogP contribution in [0.2, 0.25) is 0 Å². The molecule has 0 bridgehead atoms. The molecule has 0 unspecified atom stereocenters. The Hall–Kier alpha value is -5.41. The van der Waals surface area contributed by atoms with Gasteiger partial charge >= 0.3 is 0 Å². The molecule has 0 aliphatic rings. The fourth-order valence-corrected chi connectivity index (χ4v) is 6.90. The Balaban J connectivity index is 1.46. The minimum absolute atomic E-state index is 0.715. The fourth-order valence-electron chi connectivity index (χ4n) is 6.90. The Morgan fingerprint density at radius 3 is 1.51 bits per heavy atom. The molecule has 6 aromatic carbocycles. The molecule has 1 N–H and O–H groups in total. The van der Waals surface area contributed by atoms with Crippen LogP contribution in [0, 0.1) is 19.8 Å². The lowest BCUT2D eigenvalue weighted by Gasteiger charge is -2.27. The van der Waals surface area contributed by atoms with E-state index in [0.29, 0.717) is 6.54 Å². The van der Waals surface area contributed by atoms with Crippen LogP contribution in [0.4, 0.5) is 28.4 Å². The smallest absolute Gasteiger partial charge is 0.0638 e. The lowest BCUT2D eigenvalue weighted by molar-refractivity contribution is 0.882. The molecular weight excluding hydrogens is 595 g/mol. The molecule has 246 valence electrons. The van der Waals surface area contributed by atoms with E-state index in [4.69, 9.17) is 0 Å². The zero-order chi connectivity index (χ0) is 34.2. The third-order valence-electron chi connectivity index (χ3n) is 9.27. The Morgan fingerprint density at radius 1 is 0.571 bits per heavy atom. The quantitative estimate of drug-likeness (QED) is 0.0724. The minimum atomic E-state index is 0.715. The van der Waals surface area contributed by atoms with Crippen LogP contribution in [-0.2, 0) is 0 Å². The van der Waals surface area contributed by atoms with Gasteiger partial charge in [-0.3, -0.25) is 0 Å². The molecule has 0 spiro atoms. The van der Waals surface area contributed by atoms with Crippen LogP contribution >= 0.6 is 0 Å². The highest BCUT2D eigenvalue weighted by Crippen LogP contribution is 2.40. The first-order chi connectivity index (χ1) is 24.0. The predicted octanol–water partition coefficient (Wildman–Crippen LogP) is 12.2. The van der Waals surface area contributed by atoms with E-state index in [9.17, 15) is 0 Å². The second-order valence-electron chi connectivity index (χ2n) is 12.7. The van der Waals surface area contributed by atoms with Crippen molar-refractivity contribution in [2.45, 2.75) is 40.5 Å². The Kier molecular flexibility index (Phi) is 10.7. The summed E-state index contributed by atoms with van der Waals surface area (Å²) in [6.07, 6.45) is 4.03. The van der Waals surface area contributed by atoms with Gasteiger partial charge in [-0.2, -0.15) is 0 Å². The zero-order valence-corrected chi connectivity index (χ0v) is 29.4. The van der Waals surface area contributed by atoms with Gasteiger partial charge in [0, 0.05) is 41.8 Å².